The molecule has 3 aromatic heterocycles. The normalized spacial score (nSPS) is 16.1. The van der Waals surface area contributed by atoms with Crippen LogP contribution in [0, 0.1) is 0 Å². The van der Waals surface area contributed by atoms with Gasteiger partial charge in [-0.3, -0.25) is 4.79 Å². The summed E-state index contributed by atoms with van der Waals surface area (Å²) in [6.07, 6.45) is 3.68. The fraction of sp³-hybridized carbons (Fsp3) is 0.448. The van der Waals surface area contributed by atoms with E-state index in [1.165, 1.54) is 0 Å². The van der Waals surface area contributed by atoms with E-state index in [-0.39, 0.29) is 11.9 Å². The van der Waals surface area contributed by atoms with E-state index in [1.54, 1.807) is 24.3 Å². The van der Waals surface area contributed by atoms with E-state index < -0.39 is 11.7 Å². The summed E-state index contributed by atoms with van der Waals surface area (Å²) in [6.45, 7) is 8.61. The third kappa shape index (κ3) is 5.15. The molecule has 0 unspecified atom stereocenters. The molecule has 0 bridgehead atoms. The number of aromatic nitrogens is 4. The van der Waals surface area contributed by atoms with Crippen molar-refractivity contribution in [3.63, 3.8) is 0 Å². The number of imidazole rings is 1. The molecule has 1 atom stereocenters. The number of piperidine rings is 1. The number of aryl methyl sites for hydroxylation is 2. The van der Waals surface area contributed by atoms with Crippen molar-refractivity contribution in [1.82, 2.24) is 29.4 Å². The van der Waals surface area contributed by atoms with Gasteiger partial charge in [0.15, 0.2) is 0 Å². The molecular weight excluding hydrogens is 496 g/mol. The number of carbonyl (C=O) groups is 2. The average molecular weight is 533 g/mol. The molecule has 1 aromatic carbocycles. The number of hydrogen-bond donors (Lipinski definition) is 1. The Balaban J connectivity index is 1.46. The maximum atomic E-state index is 13.6. The van der Waals surface area contributed by atoms with Crippen molar-refractivity contribution in [1.29, 1.82) is 0 Å². The van der Waals surface area contributed by atoms with E-state index in [0.29, 0.717) is 29.9 Å². The van der Waals surface area contributed by atoms with Crippen LogP contribution < -0.4 is 10.1 Å². The lowest BCUT2D eigenvalue weighted by Gasteiger charge is -2.33. The van der Waals surface area contributed by atoms with E-state index in [1.807, 2.05) is 55.1 Å². The van der Waals surface area contributed by atoms with Crippen LogP contribution in [0.15, 0.2) is 36.5 Å². The highest BCUT2D eigenvalue weighted by Gasteiger charge is 2.28. The molecule has 1 N–H and O–H groups in total. The van der Waals surface area contributed by atoms with Gasteiger partial charge < -0.3 is 24.3 Å². The number of nitrogens with zero attached hydrogens (tertiary/aromatic N) is 5. The Bertz CT molecular complexity index is 1550. The summed E-state index contributed by atoms with van der Waals surface area (Å²) in [4.78, 5) is 32.7. The predicted molar refractivity (Wildman–Crippen MR) is 149 cm³/mol. The first-order valence-corrected chi connectivity index (χ1v) is 13.4. The molecular formula is C29H36N6O4. The fourth-order valence-corrected chi connectivity index (χ4v) is 5.36. The zero-order valence-electron chi connectivity index (χ0n) is 23.4. The van der Waals surface area contributed by atoms with Gasteiger partial charge >= 0.3 is 6.09 Å². The Hall–Kier alpha value is -4.08. The zero-order valence-corrected chi connectivity index (χ0v) is 23.4. The number of nitrogens with one attached hydrogen (secondary N) is 1. The Kier molecular flexibility index (Phi) is 6.96. The number of likely N-dealkylation sites (tertiary alicyclic amines) is 1. The Morgan fingerprint density at radius 2 is 2.00 bits per heavy atom. The second-order valence-electron chi connectivity index (χ2n) is 11.0. The summed E-state index contributed by atoms with van der Waals surface area (Å²) in [6, 6.07) is 9.47. The Morgan fingerprint density at radius 3 is 2.72 bits per heavy atom. The molecule has 0 spiro atoms. The minimum atomic E-state index is -0.579. The van der Waals surface area contributed by atoms with Crippen molar-refractivity contribution in [3.05, 3.63) is 47.8 Å². The third-order valence-corrected chi connectivity index (χ3v) is 7.04. The highest BCUT2D eigenvalue weighted by atomic mass is 16.6. The van der Waals surface area contributed by atoms with Gasteiger partial charge in [-0.15, -0.1) is 0 Å². The van der Waals surface area contributed by atoms with Crippen LogP contribution in [0.4, 0.5) is 4.79 Å². The van der Waals surface area contributed by atoms with E-state index in [0.717, 1.165) is 47.4 Å². The van der Waals surface area contributed by atoms with Crippen molar-refractivity contribution >= 4 is 28.6 Å². The van der Waals surface area contributed by atoms with Gasteiger partial charge in [-0.2, -0.15) is 5.10 Å². The summed E-state index contributed by atoms with van der Waals surface area (Å²) in [7, 11) is 3.56. The van der Waals surface area contributed by atoms with Gasteiger partial charge in [0.25, 0.3) is 5.91 Å². The van der Waals surface area contributed by atoms with Crippen LogP contribution in [0.25, 0.3) is 27.9 Å². The van der Waals surface area contributed by atoms with Gasteiger partial charge in [0, 0.05) is 43.5 Å². The number of alkyl carbamates (subject to hydrolysis) is 1. The fourth-order valence-electron chi connectivity index (χ4n) is 5.36. The molecule has 2 amide bonds. The summed E-state index contributed by atoms with van der Waals surface area (Å²) >= 11 is 0. The third-order valence-electron chi connectivity index (χ3n) is 7.04. The van der Waals surface area contributed by atoms with E-state index in [9.17, 15) is 9.59 Å². The molecule has 1 aliphatic heterocycles. The molecule has 206 valence electrons. The van der Waals surface area contributed by atoms with Crippen LogP contribution in [0.5, 0.6) is 5.75 Å². The highest BCUT2D eigenvalue weighted by molar-refractivity contribution is 6.00. The SMILES string of the molecule is CCc1c(-c2nc3cc(C(=O)N4CCC[C@@H](NC(=O)OC(C)(C)C)C4)cc(OC)c3n2C)cc2cccnn12. The number of rotatable bonds is 5. The van der Waals surface area contributed by atoms with Gasteiger partial charge in [-0.25, -0.2) is 14.3 Å². The highest BCUT2D eigenvalue weighted by Crippen LogP contribution is 2.34. The molecule has 4 aromatic rings. The molecule has 39 heavy (non-hydrogen) atoms. The summed E-state index contributed by atoms with van der Waals surface area (Å²) in [5, 5.41) is 7.43. The minimum Gasteiger partial charge on any atom is -0.494 e. The Labute approximate surface area is 227 Å². The number of hydrogen-bond acceptors (Lipinski definition) is 6. The zero-order chi connectivity index (χ0) is 27.9. The topological polar surface area (TPSA) is 103 Å². The first-order chi connectivity index (χ1) is 18.6. The van der Waals surface area contributed by atoms with Gasteiger partial charge in [-0.1, -0.05) is 6.92 Å². The Morgan fingerprint density at radius 1 is 1.21 bits per heavy atom. The van der Waals surface area contributed by atoms with Crippen molar-refractivity contribution in [2.75, 3.05) is 20.2 Å². The molecule has 1 aliphatic rings. The van der Waals surface area contributed by atoms with Crippen LogP contribution >= 0.6 is 0 Å². The number of methoxy groups -OCH3 is 1. The van der Waals surface area contributed by atoms with E-state index >= 15 is 0 Å². The van der Waals surface area contributed by atoms with E-state index in [4.69, 9.17) is 14.5 Å². The summed E-state index contributed by atoms with van der Waals surface area (Å²) in [5.41, 5.74) is 4.48. The first kappa shape index (κ1) is 26.5. The molecule has 10 nitrogen and oxygen atoms in total. The second kappa shape index (κ2) is 10.2. The smallest absolute Gasteiger partial charge is 0.407 e. The van der Waals surface area contributed by atoms with E-state index in [2.05, 4.69) is 23.4 Å². The number of ether oxygens (including phenoxy) is 2. The standard InChI is InChI=1S/C29H36N6O4/c1-7-23-21(16-20-11-8-12-30-35(20)23)26-32-22-14-18(15-24(38-6)25(22)33(26)5)27(36)34-13-9-10-19(17-34)31-28(37)39-29(2,3)4/h8,11-12,14-16,19H,7,9-10,13,17H2,1-6H3,(H,31,37)/t19-/m1/s1. The molecule has 0 saturated carbocycles. The lowest BCUT2D eigenvalue weighted by Crippen LogP contribution is -2.50. The molecule has 1 saturated heterocycles. The van der Waals surface area contributed by atoms with Gasteiger partial charge in [-0.05, 0) is 70.4 Å². The molecule has 5 rings (SSSR count). The van der Waals surface area contributed by atoms with Crippen LogP contribution in [-0.2, 0) is 18.2 Å². The first-order valence-electron chi connectivity index (χ1n) is 13.4. The molecule has 0 radical (unpaired) electrons. The minimum absolute atomic E-state index is 0.119. The monoisotopic (exact) mass is 532 g/mol. The van der Waals surface area contributed by atoms with Crippen molar-refractivity contribution in [2.24, 2.45) is 7.05 Å². The van der Waals surface area contributed by atoms with Crippen molar-refractivity contribution < 1.29 is 19.1 Å². The lowest BCUT2D eigenvalue weighted by atomic mass is 10.0. The molecule has 0 aliphatic carbocycles. The van der Waals surface area contributed by atoms with Gasteiger partial charge in [0.05, 0.1) is 23.8 Å². The van der Waals surface area contributed by atoms with Gasteiger partial charge in [0.1, 0.15) is 22.7 Å². The summed E-state index contributed by atoms with van der Waals surface area (Å²) < 4.78 is 15.1. The molecule has 4 heterocycles. The number of benzene rings is 1. The van der Waals surface area contributed by atoms with Crippen LogP contribution in [0.3, 0.4) is 0 Å². The molecule has 10 heteroatoms. The van der Waals surface area contributed by atoms with Crippen molar-refractivity contribution in [3.8, 4) is 17.1 Å². The lowest BCUT2D eigenvalue weighted by molar-refractivity contribution is 0.0452. The average Bonchev–Trinajstić information content (AvgIpc) is 3.43. The van der Waals surface area contributed by atoms with Crippen LogP contribution in [0.1, 0.15) is 56.6 Å². The maximum absolute atomic E-state index is 13.6. The predicted octanol–water partition coefficient (Wildman–Crippen LogP) is 4.59. The number of amides is 2. The van der Waals surface area contributed by atoms with Crippen LogP contribution in [0.2, 0.25) is 0 Å². The van der Waals surface area contributed by atoms with Crippen LogP contribution in [-0.4, -0.2) is 67.9 Å². The summed E-state index contributed by atoms with van der Waals surface area (Å²) in [5.74, 6) is 1.25. The second-order valence-corrected chi connectivity index (χ2v) is 11.0. The maximum Gasteiger partial charge on any atom is 0.407 e. The van der Waals surface area contributed by atoms with Crippen molar-refractivity contribution in [2.45, 2.75) is 58.6 Å². The molecule has 1 fully saturated rings. The largest absolute Gasteiger partial charge is 0.494 e. The number of carbonyl (C=O) groups excluding carboxylic acids is 2. The van der Waals surface area contributed by atoms with Gasteiger partial charge in [0.2, 0.25) is 0 Å². The quantitative estimate of drug-likeness (QED) is 0.403. The number of fused-ring (bicyclic) bond motifs is 2.